The van der Waals surface area contributed by atoms with E-state index in [0.29, 0.717) is 40.1 Å². The van der Waals surface area contributed by atoms with Gasteiger partial charge >= 0.3 is 0 Å². The van der Waals surface area contributed by atoms with Gasteiger partial charge < -0.3 is 15.0 Å². The minimum Gasteiger partial charge on any atom is -0.481 e. The molecular formula is C25H22Cl2N2O3. The van der Waals surface area contributed by atoms with Gasteiger partial charge in [-0.3, -0.25) is 9.59 Å². The van der Waals surface area contributed by atoms with Crippen molar-refractivity contribution >= 4 is 40.7 Å². The Balaban J connectivity index is 1.52. The first-order valence-corrected chi connectivity index (χ1v) is 11.0. The second-order valence-corrected chi connectivity index (χ2v) is 8.48. The Bertz CT molecular complexity index is 1150. The molecule has 0 radical (unpaired) electrons. The summed E-state index contributed by atoms with van der Waals surface area (Å²) in [5.74, 6) is 0.280. The van der Waals surface area contributed by atoms with Gasteiger partial charge in [-0.05, 0) is 55.3 Å². The number of ether oxygens (including phenoxy) is 1. The van der Waals surface area contributed by atoms with Crippen molar-refractivity contribution in [3.63, 3.8) is 0 Å². The van der Waals surface area contributed by atoms with Crippen LogP contribution in [-0.4, -0.2) is 29.4 Å². The summed E-state index contributed by atoms with van der Waals surface area (Å²) in [6.45, 7) is 2.74. The van der Waals surface area contributed by atoms with Crippen LogP contribution >= 0.6 is 23.2 Å². The summed E-state index contributed by atoms with van der Waals surface area (Å²) < 4.78 is 5.89. The highest BCUT2D eigenvalue weighted by Gasteiger charge is 2.27. The van der Waals surface area contributed by atoms with E-state index in [-0.39, 0.29) is 11.8 Å². The molecule has 164 valence electrons. The SMILES string of the molecule is C[C@@H]1Oc2ccc(NC(=O)c3ccc(Cl)c(Cl)c3)cc2CN(CCc2ccccc2)C1=O. The van der Waals surface area contributed by atoms with Crippen LogP contribution in [0.4, 0.5) is 5.69 Å². The maximum absolute atomic E-state index is 12.9. The topological polar surface area (TPSA) is 58.6 Å². The van der Waals surface area contributed by atoms with Gasteiger partial charge in [0.1, 0.15) is 5.75 Å². The molecule has 4 rings (SSSR count). The lowest BCUT2D eigenvalue weighted by Gasteiger charge is -2.22. The molecule has 3 aromatic rings. The van der Waals surface area contributed by atoms with Crippen LogP contribution in [0.15, 0.2) is 66.7 Å². The number of benzene rings is 3. The van der Waals surface area contributed by atoms with E-state index in [9.17, 15) is 9.59 Å². The minimum absolute atomic E-state index is 0.0569. The molecule has 7 heteroatoms. The number of anilines is 1. The molecule has 1 aliphatic rings. The molecule has 1 atom stereocenters. The van der Waals surface area contributed by atoms with Crippen molar-refractivity contribution < 1.29 is 14.3 Å². The van der Waals surface area contributed by atoms with Gasteiger partial charge in [0.2, 0.25) is 0 Å². The highest BCUT2D eigenvalue weighted by molar-refractivity contribution is 6.42. The van der Waals surface area contributed by atoms with Crippen molar-refractivity contribution in [1.29, 1.82) is 0 Å². The molecule has 3 aromatic carbocycles. The summed E-state index contributed by atoms with van der Waals surface area (Å²) in [5.41, 5.74) is 3.01. The van der Waals surface area contributed by atoms with Crippen LogP contribution in [-0.2, 0) is 17.8 Å². The number of hydrogen-bond acceptors (Lipinski definition) is 3. The number of hydrogen-bond donors (Lipinski definition) is 1. The lowest BCUT2D eigenvalue weighted by molar-refractivity contribution is -0.137. The first-order chi connectivity index (χ1) is 15.4. The Morgan fingerprint density at radius 1 is 1.06 bits per heavy atom. The Kier molecular flexibility index (Phi) is 6.68. The van der Waals surface area contributed by atoms with Gasteiger partial charge in [0.05, 0.1) is 10.0 Å². The first-order valence-electron chi connectivity index (χ1n) is 10.3. The monoisotopic (exact) mass is 468 g/mol. The highest BCUT2D eigenvalue weighted by Crippen LogP contribution is 2.29. The number of fused-ring (bicyclic) bond motifs is 1. The summed E-state index contributed by atoms with van der Waals surface area (Å²) in [6.07, 6.45) is 0.172. The van der Waals surface area contributed by atoms with Crippen LogP contribution in [0.25, 0.3) is 0 Å². The molecule has 0 saturated heterocycles. The number of halogens is 2. The molecule has 1 N–H and O–H groups in total. The maximum atomic E-state index is 12.9. The van der Waals surface area contributed by atoms with Gasteiger partial charge in [0, 0.05) is 29.9 Å². The Morgan fingerprint density at radius 3 is 2.59 bits per heavy atom. The highest BCUT2D eigenvalue weighted by atomic mass is 35.5. The maximum Gasteiger partial charge on any atom is 0.263 e. The minimum atomic E-state index is -0.580. The third-order valence-corrected chi connectivity index (χ3v) is 6.08. The quantitative estimate of drug-likeness (QED) is 0.530. The number of rotatable bonds is 5. The molecule has 0 spiro atoms. The number of amides is 2. The molecule has 0 fully saturated rings. The standard InChI is InChI=1S/C25H22Cl2N2O3/c1-16-25(31)29(12-11-17-5-3-2-4-6-17)15-19-13-20(8-10-23(19)32-16)28-24(30)18-7-9-21(26)22(27)14-18/h2-10,13-14,16H,11-12,15H2,1H3,(H,28,30)/t16-/m0/s1. The van der Waals surface area contributed by atoms with Gasteiger partial charge in [0.15, 0.2) is 6.10 Å². The van der Waals surface area contributed by atoms with Crippen LogP contribution in [0.5, 0.6) is 5.75 Å². The fraction of sp³-hybridized carbons (Fsp3) is 0.200. The number of carbonyl (C=O) groups excluding carboxylic acids is 2. The van der Waals surface area contributed by atoms with Crippen molar-refractivity contribution in [2.75, 3.05) is 11.9 Å². The summed E-state index contributed by atoms with van der Waals surface area (Å²) in [6, 6.07) is 20.1. The average molecular weight is 469 g/mol. The van der Waals surface area contributed by atoms with Gasteiger partial charge in [-0.1, -0.05) is 53.5 Å². The second kappa shape index (κ2) is 9.63. The predicted octanol–water partition coefficient (Wildman–Crippen LogP) is 5.60. The molecule has 1 heterocycles. The van der Waals surface area contributed by atoms with Crippen molar-refractivity contribution in [2.24, 2.45) is 0 Å². The average Bonchev–Trinajstić information content (AvgIpc) is 2.91. The lowest BCUT2D eigenvalue weighted by atomic mass is 10.1. The van der Waals surface area contributed by atoms with E-state index in [2.05, 4.69) is 5.32 Å². The van der Waals surface area contributed by atoms with E-state index < -0.39 is 6.10 Å². The van der Waals surface area contributed by atoms with Gasteiger partial charge in [-0.2, -0.15) is 0 Å². The lowest BCUT2D eigenvalue weighted by Crippen LogP contribution is -2.39. The van der Waals surface area contributed by atoms with E-state index in [4.69, 9.17) is 27.9 Å². The summed E-state index contributed by atoms with van der Waals surface area (Å²) in [5, 5.41) is 3.58. The Hall–Kier alpha value is -3.02. The predicted molar refractivity (Wildman–Crippen MR) is 127 cm³/mol. The summed E-state index contributed by atoms with van der Waals surface area (Å²) >= 11 is 12.0. The van der Waals surface area contributed by atoms with Crippen LogP contribution in [0.2, 0.25) is 10.0 Å². The zero-order chi connectivity index (χ0) is 22.7. The fourth-order valence-electron chi connectivity index (χ4n) is 3.62. The van der Waals surface area contributed by atoms with Gasteiger partial charge in [0.25, 0.3) is 11.8 Å². The number of nitrogens with one attached hydrogen (secondary N) is 1. The van der Waals surface area contributed by atoms with Crippen molar-refractivity contribution in [3.8, 4) is 5.75 Å². The second-order valence-electron chi connectivity index (χ2n) is 7.66. The van der Waals surface area contributed by atoms with E-state index >= 15 is 0 Å². The van der Waals surface area contributed by atoms with Crippen LogP contribution < -0.4 is 10.1 Å². The molecule has 2 amide bonds. The molecule has 0 saturated carbocycles. The van der Waals surface area contributed by atoms with Crippen molar-refractivity contribution in [3.05, 3.63) is 93.5 Å². The van der Waals surface area contributed by atoms with E-state index in [1.54, 1.807) is 36.1 Å². The molecule has 0 aliphatic carbocycles. The third kappa shape index (κ3) is 5.06. The van der Waals surface area contributed by atoms with Crippen molar-refractivity contribution in [1.82, 2.24) is 4.90 Å². The van der Waals surface area contributed by atoms with E-state index in [1.807, 2.05) is 36.4 Å². The molecule has 5 nitrogen and oxygen atoms in total. The fourth-order valence-corrected chi connectivity index (χ4v) is 3.91. The van der Waals surface area contributed by atoms with Gasteiger partial charge in [-0.15, -0.1) is 0 Å². The van der Waals surface area contributed by atoms with Crippen molar-refractivity contribution in [2.45, 2.75) is 26.0 Å². The van der Waals surface area contributed by atoms with Crippen LogP contribution in [0.3, 0.4) is 0 Å². The first kappa shape index (κ1) is 22.2. The van der Waals surface area contributed by atoms with Gasteiger partial charge in [-0.25, -0.2) is 0 Å². The summed E-state index contributed by atoms with van der Waals surface area (Å²) in [4.78, 5) is 27.3. The van der Waals surface area contributed by atoms with Crippen LogP contribution in [0.1, 0.15) is 28.4 Å². The smallest absolute Gasteiger partial charge is 0.263 e. The zero-order valence-corrected chi connectivity index (χ0v) is 19.0. The Labute approximate surface area is 196 Å². The van der Waals surface area contributed by atoms with E-state index in [1.165, 1.54) is 11.6 Å². The number of carbonyl (C=O) groups is 2. The number of nitrogens with zero attached hydrogens (tertiary/aromatic N) is 1. The normalized spacial score (nSPS) is 15.5. The largest absolute Gasteiger partial charge is 0.481 e. The molecule has 32 heavy (non-hydrogen) atoms. The summed E-state index contributed by atoms with van der Waals surface area (Å²) in [7, 11) is 0. The third-order valence-electron chi connectivity index (χ3n) is 5.34. The Morgan fingerprint density at radius 2 is 1.84 bits per heavy atom. The molecule has 0 aromatic heterocycles. The molecule has 0 unspecified atom stereocenters. The zero-order valence-electron chi connectivity index (χ0n) is 17.5. The van der Waals surface area contributed by atoms with Crippen LogP contribution in [0, 0.1) is 0 Å². The molecule has 1 aliphatic heterocycles. The molecular weight excluding hydrogens is 447 g/mol. The van der Waals surface area contributed by atoms with E-state index in [0.717, 1.165) is 12.0 Å². The molecule has 0 bridgehead atoms.